The zero-order chi connectivity index (χ0) is 19.9. The Labute approximate surface area is 172 Å². The second kappa shape index (κ2) is 10.0. The van der Waals surface area contributed by atoms with Crippen molar-refractivity contribution in [1.82, 2.24) is 14.7 Å². The smallest absolute Gasteiger partial charge is 0.238 e. The van der Waals surface area contributed by atoms with Crippen LogP contribution in [0.2, 0.25) is 0 Å². The number of hydrogen-bond acceptors (Lipinski definition) is 6. The molecule has 3 heterocycles. The van der Waals surface area contributed by atoms with Gasteiger partial charge in [0.25, 0.3) is 0 Å². The summed E-state index contributed by atoms with van der Waals surface area (Å²) in [6.45, 7) is 9.47. The van der Waals surface area contributed by atoms with Gasteiger partial charge in [-0.2, -0.15) is 0 Å². The number of carbonyl (C=O) groups excluding carboxylic acids is 1. The lowest BCUT2D eigenvalue weighted by atomic mass is 10.2. The van der Waals surface area contributed by atoms with Crippen LogP contribution < -0.4 is 5.32 Å². The fourth-order valence-corrected chi connectivity index (χ4v) is 3.84. The first-order chi connectivity index (χ1) is 14.2. The van der Waals surface area contributed by atoms with Gasteiger partial charge in [-0.15, -0.1) is 0 Å². The molecule has 0 radical (unpaired) electrons. The zero-order valence-corrected chi connectivity index (χ0v) is 16.9. The Hall–Kier alpha value is -2.19. The van der Waals surface area contributed by atoms with Crippen LogP contribution in [0.3, 0.4) is 0 Å². The normalized spacial score (nSPS) is 19.3. The predicted molar refractivity (Wildman–Crippen MR) is 112 cm³/mol. The van der Waals surface area contributed by atoms with Gasteiger partial charge in [0, 0.05) is 51.5 Å². The van der Waals surface area contributed by atoms with E-state index in [1.807, 2.05) is 24.3 Å². The lowest BCUT2D eigenvalue weighted by Gasteiger charge is -2.33. The summed E-state index contributed by atoms with van der Waals surface area (Å²) in [7, 11) is 0. The number of benzene rings is 1. The van der Waals surface area contributed by atoms with Crippen molar-refractivity contribution >= 4 is 11.6 Å². The Bertz CT molecular complexity index is 749. The summed E-state index contributed by atoms with van der Waals surface area (Å²) in [4.78, 5) is 19.4. The first-order valence-corrected chi connectivity index (χ1v) is 10.4. The molecule has 1 N–H and O–H groups in total. The molecule has 1 aromatic carbocycles. The molecule has 1 aromatic heterocycles. The van der Waals surface area contributed by atoms with Gasteiger partial charge >= 0.3 is 0 Å². The standard InChI is InChI=1S/C22H30N4O3/c27-22(18-25-9-7-24(8-10-25)17-21-2-1-13-29-21)23-20-5-3-19(4-6-20)16-26-11-14-28-15-12-26/h1-6,13H,7-12,14-18H2,(H,23,27). The highest BCUT2D eigenvalue weighted by molar-refractivity contribution is 5.92. The largest absolute Gasteiger partial charge is 0.468 e. The van der Waals surface area contributed by atoms with Gasteiger partial charge in [-0.1, -0.05) is 12.1 Å². The molecule has 1 amide bonds. The van der Waals surface area contributed by atoms with Crippen LogP contribution in [-0.2, 0) is 22.6 Å². The second-order valence-electron chi connectivity index (χ2n) is 7.77. The fraction of sp³-hybridized carbons (Fsp3) is 0.500. The maximum absolute atomic E-state index is 12.4. The molecular weight excluding hydrogens is 368 g/mol. The molecule has 7 heteroatoms. The van der Waals surface area contributed by atoms with Crippen molar-refractivity contribution in [3.05, 3.63) is 54.0 Å². The number of anilines is 1. The molecule has 0 unspecified atom stereocenters. The number of morpholine rings is 1. The zero-order valence-electron chi connectivity index (χ0n) is 16.9. The Kier molecular flexibility index (Phi) is 6.95. The Morgan fingerprint density at radius 3 is 2.24 bits per heavy atom. The monoisotopic (exact) mass is 398 g/mol. The summed E-state index contributed by atoms with van der Waals surface area (Å²) in [5.41, 5.74) is 2.12. The minimum atomic E-state index is 0.0467. The number of ether oxygens (including phenoxy) is 1. The van der Waals surface area contributed by atoms with Crippen LogP contribution in [0.5, 0.6) is 0 Å². The molecular formula is C22H30N4O3. The summed E-state index contributed by atoms with van der Waals surface area (Å²) in [6.07, 6.45) is 1.71. The highest BCUT2D eigenvalue weighted by Gasteiger charge is 2.19. The van der Waals surface area contributed by atoms with E-state index in [9.17, 15) is 4.79 Å². The van der Waals surface area contributed by atoms with Crippen LogP contribution in [0.1, 0.15) is 11.3 Å². The van der Waals surface area contributed by atoms with Gasteiger partial charge in [-0.3, -0.25) is 19.5 Å². The van der Waals surface area contributed by atoms with E-state index in [1.54, 1.807) is 6.26 Å². The van der Waals surface area contributed by atoms with E-state index in [0.29, 0.717) is 6.54 Å². The Morgan fingerprint density at radius 1 is 0.862 bits per heavy atom. The first kappa shape index (κ1) is 20.1. The molecule has 29 heavy (non-hydrogen) atoms. The number of nitrogens with one attached hydrogen (secondary N) is 1. The van der Waals surface area contributed by atoms with Gasteiger partial charge in [-0.05, 0) is 29.8 Å². The lowest BCUT2D eigenvalue weighted by molar-refractivity contribution is -0.117. The molecule has 2 aliphatic heterocycles. The average Bonchev–Trinajstić information content (AvgIpc) is 3.25. The molecule has 2 saturated heterocycles. The second-order valence-corrected chi connectivity index (χ2v) is 7.77. The van der Waals surface area contributed by atoms with Gasteiger partial charge in [0.1, 0.15) is 5.76 Å². The van der Waals surface area contributed by atoms with Gasteiger partial charge in [0.15, 0.2) is 0 Å². The van der Waals surface area contributed by atoms with Gasteiger partial charge in [0.05, 0.1) is 32.6 Å². The Balaban J connectivity index is 1.18. The topological polar surface area (TPSA) is 61.2 Å². The fourth-order valence-electron chi connectivity index (χ4n) is 3.84. The highest BCUT2D eigenvalue weighted by Crippen LogP contribution is 2.13. The van der Waals surface area contributed by atoms with Crippen molar-refractivity contribution in [3.8, 4) is 0 Å². The molecule has 0 aliphatic carbocycles. The van der Waals surface area contributed by atoms with Crippen molar-refractivity contribution in [1.29, 1.82) is 0 Å². The van der Waals surface area contributed by atoms with Gasteiger partial charge < -0.3 is 14.5 Å². The summed E-state index contributed by atoms with van der Waals surface area (Å²) in [5, 5.41) is 3.02. The molecule has 2 aliphatic rings. The van der Waals surface area contributed by atoms with E-state index in [-0.39, 0.29) is 5.91 Å². The molecule has 7 nitrogen and oxygen atoms in total. The summed E-state index contributed by atoms with van der Waals surface area (Å²) in [6, 6.07) is 12.1. The summed E-state index contributed by atoms with van der Waals surface area (Å²) in [5.74, 6) is 1.04. The van der Waals surface area contributed by atoms with Gasteiger partial charge in [0.2, 0.25) is 5.91 Å². The molecule has 0 saturated carbocycles. The van der Waals surface area contributed by atoms with E-state index in [2.05, 4.69) is 32.1 Å². The summed E-state index contributed by atoms with van der Waals surface area (Å²) >= 11 is 0. The third-order valence-corrected chi connectivity index (χ3v) is 5.54. The highest BCUT2D eigenvalue weighted by atomic mass is 16.5. The minimum Gasteiger partial charge on any atom is -0.468 e. The number of rotatable bonds is 7. The van der Waals surface area contributed by atoms with Crippen LogP contribution >= 0.6 is 0 Å². The quantitative estimate of drug-likeness (QED) is 0.768. The van der Waals surface area contributed by atoms with Crippen molar-refractivity contribution in [2.75, 3.05) is 64.3 Å². The molecule has 156 valence electrons. The number of amides is 1. The number of carbonyl (C=O) groups is 1. The van der Waals surface area contributed by atoms with Crippen molar-refractivity contribution in [2.24, 2.45) is 0 Å². The van der Waals surface area contributed by atoms with Crippen LogP contribution in [0.4, 0.5) is 5.69 Å². The summed E-state index contributed by atoms with van der Waals surface area (Å²) < 4.78 is 10.8. The number of nitrogens with zero attached hydrogens (tertiary/aromatic N) is 3. The van der Waals surface area contributed by atoms with Crippen LogP contribution in [0.25, 0.3) is 0 Å². The van der Waals surface area contributed by atoms with Gasteiger partial charge in [-0.25, -0.2) is 0 Å². The van der Waals surface area contributed by atoms with E-state index in [4.69, 9.17) is 9.15 Å². The van der Waals surface area contributed by atoms with E-state index in [0.717, 1.165) is 77.0 Å². The minimum absolute atomic E-state index is 0.0467. The van der Waals surface area contributed by atoms with Crippen molar-refractivity contribution < 1.29 is 13.9 Å². The average molecular weight is 399 g/mol. The number of piperazine rings is 1. The molecule has 2 fully saturated rings. The Morgan fingerprint density at radius 2 is 1.55 bits per heavy atom. The van der Waals surface area contributed by atoms with Crippen LogP contribution in [0, 0.1) is 0 Å². The third kappa shape index (κ3) is 6.14. The van der Waals surface area contributed by atoms with E-state index >= 15 is 0 Å². The number of furan rings is 1. The SMILES string of the molecule is O=C(CN1CCN(Cc2ccco2)CC1)Nc1ccc(CN2CCOCC2)cc1. The third-order valence-electron chi connectivity index (χ3n) is 5.54. The van der Waals surface area contributed by atoms with Crippen molar-refractivity contribution in [3.63, 3.8) is 0 Å². The molecule has 4 rings (SSSR count). The van der Waals surface area contributed by atoms with E-state index in [1.165, 1.54) is 5.56 Å². The maximum Gasteiger partial charge on any atom is 0.238 e. The molecule has 2 aromatic rings. The predicted octanol–water partition coefficient (Wildman–Crippen LogP) is 1.87. The molecule has 0 bridgehead atoms. The lowest BCUT2D eigenvalue weighted by Crippen LogP contribution is -2.48. The van der Waals surface area contributed by atoms with E-state index < -0.39 is 0 Å². The maximum atomic E-state index is 12.4. The molecule has 0 atom stereocenters. The number of hydrogen-bond donors (Lipinski definition) is 1. The molecule has 0 spiro atoms. The first-order valence-electron chi connectivity index (χ1n) is 10.4. The van der Waals surface area contributed by atoms with Crippen molar-refractivity contribution in [2.45, 2.75) is 13.1 Å². The van der Waals surface area contributed by atoms with Crippen LogP contribution in [0.15, 0.2) is 47.1 Å². The van der Waals surface area contributed by atoms with Crippen LogP contribution in [-0.4, -0.2) is 79.6 Å².